The van der Waals surface area contributed by atoms with Crippen LogP contribution in [0.1, 0.15) is 43.2 Å². The summed E-state index contributed by atoms with van der Waals surface area (Å²) >= 11 is 0. The predicted octanol–water partition coefficient (Wildman–Crippen LogP) is 15.8. The van der Waals surface area contributed by atoms with Crippen LogP contribution in [0.4, 0.5) is 22.7 Å². The van der Waals surface area contributed by atoms with Crippen molar-refractivity contribution in [1.82, 2.24) is 14.1 Å². The van der Waals surface area contributed by atoms with Crippen LogP contribution in [-0.4, -0.2) is 14.1 Å². The van der Waals surface area contributed by atoms with Crippen LogP contribution in [0.15, 0.2) is 200 Å². The minimum atomic E-state index is -0.0205. The van der Waals surface area contributed by atoms with Gasteiger partial charge in [-0.15, -0.1) is 48.1 Å². The third-order valence-corrected chi connectivity index (χ3v) is 16.5. The van der Waals surface area contributed by atoms with Crippen molar-refractivity contribution in [2.45, 2.75) is 37.5 Å². The van der Waals surface area contributed by atoms with E-state index in [0.717, 1.165) is 62.5 Å². The number of anilines is 4. The zero-order valence-electron chi connectivity index (χ0n) is 38.9. The maximum atomic E-state index is 6.74. The topological polar surface area (TPSA) is 38.5 Å². The first-order valence-corrected chi connectivity index (χ1v) is 24.9. The van der Waals surface area contributed by atoms with Crippen molar-refractivity contribution in [2.75, 3.05) is 9.80 Å². The molecule has 0 saturated heterocycles. The maximum Gasteiger partial charge on any atom is 0.135 e. The zero-order chi connectivity index (χ0) is 45.9. The Bertz CT molecular complexity index is 3760. The van der Waals surface area contributed by atoms with Crippen LogP contribution in [0.3, 0.4) is 0 Å². The van der Waals surface area contributed by atoms with Gasteiger partial charge in [0.25, 0.3) is 0 Å². The molecule has 0 N–H and O–H groups in total. The molecule has 5 aliphatic rings. The summed E-state index contributed by atoms with van der Waals surface area (Å²) in [4.78, 5) is 9.60. The Morgan fingerprint density at radius 1 is 0.479 bits per heavy atom. The van der Waals surface area contributed by atoms with Gasteiger partial charge < -0.3 is 23.7 Å². The molecule has 7 heteroatoms. The summed E-state index contributed by atoms with van der Waals surface area (Å²) in [6.07, 6.45) is 8.76. The summed E-state index contributed by atoms with van der Waals surface area (Å²) in [5.41, 5.74) is 12.5. The van der Waals surface area contributed by atoms with Gasteiger partial charge in [0.2, 0.25) is 0 Å². The van der Waals surface area contributed by atoms with Crippen LogP contribution in [0, 0.1) is 42.5 Å². The van der Waals surface area contributed by atoms with E-state index in [9.17, 15) is 0 Å². The summed E-state index contributed by atoms with van der Waals surface area (Å²) in [7, 11) is 0. The molecule has 4 aliphatic carbocycles. The molecule has 11 aromatic rings. The molecule has 4 heterocycles. The molecular formula is C64H48N5OPt-3. The first kappa shape index (κ1) is 42.5. The molecular weight excluding hydrogens is 1050 g/mol. The number of fused-ring (bicyclic) bond motifs is 7. The molecule has 348 valence electrons. The van der Waals surface area contributed by atoms with Gasteiger partial charge in [-0.05, 0) is 139 Å². The zero-order valence-corrected chi connectivity index (χ0v) is 41.2. The molecule has 1 aliphatic heterocycles. The minimum Gasteiger partial charge on any atom is -0.509 e. The van der Waals surface area contributed by atoms with Crippen molar-refractivity contribution < 1.29 is 25.8 Å². The Morgan fingerprint density at radius 3 is 1.75 bits per heavy atom. The third kappa shape index (κ3) is 6.53. The maximum absolute atomic E-state index is 6.74. The summed E-state index contributed by atoms with van der Waals surface area (Å²) in [6.45, 7) is 2.15. The average molecular weight is 1100 g/mol. The number of aromatic nitrogens is 3. The molecule has 4 bridgehead atoms. The van der Waals surface area contributed by atoms with E-state index in [1.165, 1.54) is 70.4 Å². The second kappa shape index (κ2) is 16.6. The first-order chi connectivity index (χ1) is 34.7. The summed E-state index contributed by atoms with van der Waals surface area (Å²) in [6, 6.07) is 77.2. The Hall–Kier alpha value is -7.40. The quantitative estimate of drug-likeness (QED) is 0.142. The van der Waals surface area contributed by atoms with E-state index in [4.69, 9.17) is 9.72 Å². The van der Waals surface area contributed by atoms with Crippen LogP contribution in [-0.2, 0) is 26.5 Å². The third-order valence-electron chi connectivity index (χ3n) is 16.5. The van der Waals surface area contributed by atoms with Crippen molar-refractivity contribution in [1.29, 1.82) is 0 Å². The number of benzene rings is 8. The van der Waals surface area contributed by atoms with E-state index in [1.54, 1.807) is 0 Å². The minimum absolute atomic E-state index is 0. The number of hydrogen-bond donors (Lipinski definition) is 0. The molecule has 71 heavy (non-hydrogen) atoms. The number of nitrogens with zero attached hydrogens (tertiary/aromatic N) is 5. The normalized spacial score (nSPS) is 21.1. The Labute approximate surface area is 428 Å². The molecule has 4 saturated carbocycles. The Morgan fingerprint density at radius 2 is 1.06 bits per heavy atom. The van der Waals surface area contributed by atoms with Crippen molar-refractivity contribution in [3.8, 4) is 23.0 Å². The van der Waals surface area contributed by atoms with Crippen molar-refractivity contribution in [2.24, 2.45) is 23.7 Å². The largest absolute Gasteiger partial charge is 0.509 e. The summed E-state index contributed by atoms with van der Waals surface area (Å²) < 4.78 is 11.4. The fourth-order valence-electron chi connectivity index (χ4n) is 13.9. The van der Waals surface area contributed by atoms with Gasteiger partial charge in [0.05, 0.1) is 11.0 Å². The van der Waals surface area contributed by atoms with Crippen LogP contribution < -0.4 is 14.5 Å². The molecule has 0 unspecified atom stereocenters. The van der Waals surface area contributed by atoms with Gasteiger partial charge in [-0.2, -0.15) is 12.1 Å². The number of rotatable bonds is 8. The number of hydrogen-bond acceptors (Lipinski definition) is 4. The van der Waals surface area contributed by atoms with Crippen LogP contribution in [0.5, 0.6) is 11.5 Å². The van der Waals surface area contributed by atoms with Gasteiger partial charge in [0.1, 0.15) is 5.82 Å². The van der Waals surface area contributed by atoms with E-state index in [-0.39, 0.29) is 26.5 Å². The van der Waals surface area contributed by atoms with Gasteiger partial charge in [0.15, 0.2) is 0 Å². The first-order valence-electron chi connectivity index (χ1n) is 24.9. The van der Waals surface area contributed by atoms with Crippen molar-refractivity contribution in [3.05, 3.63) is 230 Å². The van der Waals surface area contributed by atoms with E-state index >= 15 is 0 Å². The SMILES string of the molecule is [Pt].[c-]1c(Oc2[c-]c3c(cc2)c2ccccc2n3-c2cc(C3(c4ccccc4)C4CC5CC(C4)CC3C5)ccn2)cccc1N1[CH-]N(c2ccc(-n3c4ccccc4c4ccccc43)cc2)c2ccccc21. The van der Waals surface area contributed by atoms with E-state index < -0.39 is 0 Å². The summed E-state index contributed by atoms with van der Waals surface area (Å²) in [5.74, 6) is 5.16. The van der Waals surface area contributed by atoms with Gasteiger partial charge in [-0.25, -0.2) is 4.98 Å². The number of pyridine rings is 1. The van der Waals surface area contributed by atoms with Crippen LogP contribution in [0.2, 0.25) is 0 Å². The van der Waals surface area contributed by atoms with Gasteiger partial charge in [0, 0.05) is 83.2 Å². The monoisotopic (exact) mass is 1100 g/mol. The van der Waals surface area contributed by atoms with E-state index in [1.807, 2.05) is 18.2 Å². The smallest absolute Gasteiger partial charge is 0.135 e. The van der Waals surface area contributed by atoms with Gasteiger partial charge in [-0.1, -0.05) is 103 Å². The second-order valence-corrected chi connectivity index (χ2v) is 20.1. The standard InChI is InChI=1S/C64H48N5O.Pt/c1-2-13-44(14-3-1)64(46-34-42-33-43(36-46)37-47(64)35-42)45-31-32-65-63(38-45)69-59-22-9-6-19-55(59)56-30-29-52(40-62(56)69)70-51-16-12-15-50(39-51)67-41-66(60-23-10-11-24-61(60)67)48-25-27-49(28-26-48)68-57-20-7-4-17-53(57)54-18-5-8-21-58(54)68;/h1-32,38,41-43,46-47H,33-37H2;/q-3;. The second-order valence-electron chi connectivity index (χ2n) is 20.1. The molecule has 0 radical (unpaired) electrons. The fourth-order valence-corrected chi connectivity index (χ4v) is 13.9. The fraction of sp³-hybridized carbons (Fsp3) is 0.156. The molecule has 4 fully saturated rings. The molecule has 0 amide bonds. The van der Waals surface area contributed by atoms with Crippen LogP contribution >= 0.6 is 0 Å². The van der Waals surface area contributed by atoms with Gasteiger partial charge >= 0.3 is 0 Å². The summed E-state index contributed by atoms with van der Waals surface area (Å²) in [5, 5.41) is 4.80. The molecule has 0 atom stereocenters. The van der Waals surface area contributed by atoms with Gasteiger partial charge in [-0.3, -0.25) is 0 Å². The number of ether oxygens (including phenoxy) is 1. The number of para-hydroxylation sites is 5. The molecule has 8 aromatic carbocycles. The average Bonchev–Trinajstić information content (AvgIpc) is 4.07. The Balaban J connectivity index is 0.00000470. The molecule has 16 rings (SSSR count). The predicted molar refractivity (Wildman–Crippen MR) is 283 cm³/mol. The van der Waals surface area contributed by atoms with Crippen molar-refractivity contribution >= 4 is 66.4 Å². The van der Waals surface area contributed by atoms with E-state index in [2.05, 4.69) is 220 Å². The van der Waals surface area contributed by atoms with Crippen molar-refractivity contribution in [3.63, 3.8) is 0 Å². The van der Waals surface area contributed by atoms with E-state index in [0.29, 0.717) is 23.3 Å². The molecule has 0 spiro atoms. The Kier molecular flexibility index (Phi) is 9.93. The molecule has 3 aromatic heterocycles. The molecule has 6 nitrogen and oxygen atoms in total. The van der Waals surface area contributed by atoms with Crippen LogP contribution in [0.25, 0.3) is 55.1 Å².